The van der Waals surface area contributed by atoms with Gasteiger partial charge in [0.25, 0.3) is 5.92 Å². The lowest BCUT2D eigenvalue weighted by Crippen LogP contribution is -2.43. The van der Waals surface area contributed by atoms with Crippen molar-refractivity contribution in [3.05, 3.63) is 34.6 Å². The summed E-state index contributed by atoms with van der Waals surface area (Å²) in [5.74, 6) is -5.55. The molecule has 1 aromatic rings. The second-order valence-electron chi connectivity index (χ2n) is 4.10. The first-order chi connectivity index (χ1) is 9.30. The van der Waals surface area contributed by atoms with Gasteiger partial charge in [0.15, 0.2) is 0 Å². The van der Waals surface area contributed by atoms with Crippen LogP contribution in [0.2, 0.25) is 5.02 Å². The van der Waals surface area contributed by atoms with Gasteiger partial charge < -0.3 is 10.0 Å². The Bertz CT molecular complexity index is 466. The van der Waals surface area contributed by atoms with Crippen molar-refractivity contribution in [2.75, 3.05) is 19.0 Å². The molecule has 0 aliphatic heterocycles. The summed E-state index contributed by atoms with van der Waals surface area (Å²) in [5.41, 5.74) is -0.0821. The van der Waals surface area contributed by atoms with Gasteiger partial charge in [-0.3, -0.25) is 4.79 Å². The Morgan fingerprint density at radius 3 is 2.55 bits per heavy atom. The molecule has 0 aliphatic rings. The lowest BCUT2D eigenvalue weighted by atomic mass is 10.2. The Morgan fingerprint density at radius 1 is 1.40 bits per heavy atom. The van der Waals surface area contributed by atoms with E-state index in [1.807, 2.05) is 0 Å². The fraction of sp³-hybridized carbons (Fsp3) is 0.417. The molecule has 0 radical (unpaired) electrons. The Kier molecular flexibility index (Phi) is 6.10. The molecule has 1 rings (SSSR count). The highest BCUT2D eigenvalue weighted by Gasteiger charge is 2.33. The Labute approximate surface area is 123 Å². The van der Waals surface area contributed by atoms with Crippen LogP contribution in [0.3, 0.4) is 0 Å². The van der Waals surface area contributed by atoms with Crippen LogP contribution in [-0.4, -0.2) is 40.9 Å². The number of carbonyl (C=O) groups excluding carboxylic acids is 1. The van der Waals surface area contributed by atoms with Crippen molar-refractivity contribution in [3.8, 4) is 0 Å². The molecule has 112 valence electrons. The van der Waals surface area contributed by atoms with E-state index in [4.69, 9.17) is 28.3 Å². The lowest BCUT2D eigenvalue weighted by molar-refractivity contribution is -0.137. The maximum Gasteiger partial charge on any atom is 0.287 e. The molecule has 0 spiro atoms. The number of amides is 1. The van der Waals surface area contributed by atoms with E-state index in [0.717, 1.165) is 6.07 Å². The average molecular weight is 330 g/mol. The van der Waals surface area contributed by atoms with Crippen molar-refractivity contribution in [2.45, 2.75) is 12.5 Å². The van der Waals surface area contributed by atoms with Crippen LogP contribution in [0.5, 0.6) is 0 Å². The summed E-state index contributed by atoms with van der Waals surface area (Å²) in [4.78, 5) is 12.2. The third-order valence-electron chi connectivity index (χ3n) is 2.53. The smallest absolute Gasteiger partial charge is 0.287 e. The molecule has 8 heteroatoms. The minimum atomic E-state index is -3.50. The third kappa shape index (κ3) is 4.54. The highest BCUT2D eigenvalue weighted by molar-refractivity contribution is 6.31. The van der Waals surface area contributed by atoms with Crippen LogP contribution in [0.25, 0.3) is 0 Å². The predicted octanol–water partition coefficient (Wildman–Crippen LogP) is 2.67. The van der Waals surface area contributed by atoms with Gasteiger partial charge >= 0.3 is 0 Å². The minimum absolute atomic E-state index is 0.0182. The maximum atomic E-state index is 13.6. The maximum absolute atomic E-state index is 13.6. The minimum Gasteiger partial charge on any atom is -0.390 e. The van der Waals surface area contributed by atoms with Gasteiger partial charge in [0.1, 0.15) is 18.3 Å². The number of aliphatic hydroxyl groups excluding tert-OH is 1. The molecule has 20 heavy (non-hydrogen) atoms. The van der Waals surface area contributed by atoms with Crippen molar-refractivity contribution in [1.29, 1.82) is 0 Å². The van der Waals surface area contributed by atoms with Crippen molar-refractivity contribution in [3.63, 3.8) is 0 Å². The van der Waals surface area contributed by atoms with E-state index in [0.29, 0.717) is 4.90 Å². The zero-order valence-corrected chi connectivity index (χ0v) is 11.8. The van der Waals surface area contributed by atoms with Crippen LogP contribution in [0, 0.1) is 5.82 Å². The second kappa shape index (κ2) is 7.15. The van der Waals surface area contributed by atoms with Gasteiger partial charge in [-0.2, -0.15) is 0 Å². The molecular formula is C12H12Cl2F3NO2. The molecule has 1 aromatic carbocycles. The number of nitrogens with zero attached hydrogens (tertiary/aromatic N) is 1. The van der Waals surface area contributed by atoms with E-state index in [1.165, 1.54) is 12.1 Å². The summed E-state index contributed by atoms with van der Waals surface area (Å²) in [6.07, 6.45) is 0. The number of benzene rings is 1. The average Bonchev–Trinajstić information content (AvgIpc) is 2.40. The van der Waals surface area contributed by atoms with E-state index >= 15 is 0 Å². The zero-order chi connectivity index (χ0) is 15.3. The summed E-state index contributed by atoms with van der Waals surface area (Å²) in [7, 11) is 0. The van der Waals surface area contributed by atoms with Gasteiger partial charge in [-0.25, -0.2) is 13.2 Å². The normalized spacial score (nSPS) is 11.5. The first-order valence-corrected chi connectivity index (χ1v) is 6.47. The summed E-state index contributed by atoms with van der Waals surface area (Å²) in [6, 6.07) is 3.85. The molecule has 3 nitrogen and oxygen atoms in total. The van der Waals surface area contributed by atoms with Gasteiger partial charge in [-0.1, -0.05) is 17.7 Å². The largest absolute Gasteiger partial charge is 0.390 e. The number of carbonyl (C=O) groups is 1. The van der Waals surface area contributed by atoms with Crippen LogP contribution in [-0.2, 0) is 11.3 Å². The molecule has 0 aliphatic carbocycles. The van der Waals surface area contributed by atoms with E-state index < -0.39 is 43.2 Å². The van der Waals surface area contributed by atoms with Gasteiger partial charge in [0.2, 0.25) is 5.91 Å². The number of aliphatic hydroxyl groups is 1. The van der Waals surface area contributed by atoms with E-state index in [-0.39, 0.29) is 10.6 Å². The molecule has 0 aromatic heterocycles. The topological polar surface area (TPSA) is 40.5 Å². The highest BCUT2D eigenvalue weighted by atomic mass is 35.5. The number of alkyl halides is 3. The van der Waals surface area contributed by atoms with Crippen molar-refractivity contribution in [1.82, 2.24) is 4.90 Å². The summed E-state index contributed by atoms with van der Waals surface area (Å²) in [6.45, 7) is -2.95. The first-order valence-electron chi connectivity index (χ1n) is 5.56. The number of hydrogen-bond donors (Lipinski definition) is 1. The fourth-order valence-electron chi connectivity index (χ4n) is 1.52. The monoisotopic (exact) mass is 329 g/mol. The van der Waals surface area contributed by atoms with Crippen molar-refractivity contribution < 1.29 is 23.1 Å². The molecule has 0 fully saturated rings. The molecule has 1 N–H and O–H groups in total. The van der Waals surface area contributed by atoms with Gasteiger partial charge in [0, 0.05) is 10.6 Å². The Morgan fingerprint density at radius 2 is 2.05 bits per heavy atom. The van der Waals surface area contributed by atoms with Gasteiger partial charge in [-0.15, -0.1) is 11.6 Å². The van der Waals surface area contributed by atoms with Crippen molar-refractivity contribution in [2.24, 2.45) is 0 Å². The van der Waals surface area contributed by atoms with E-state index in [9.17, 15) is 18.0 Å². The SMILES string of the molecule is O=C(CCl)N(Cc1c(F)cccc1Cl)CC(F)(F)CO. The van der Waals surface area contributed by atoms with Crippen LogP contribution in [0.15, 0.2) is 18.2 Å². The predicted molar refractivity (Wildman–Crippen MR) is 69.6 cm³/mol. The van der Waals surface area contributed by atoms with Gasteiger partial charge in [0.05, 0.1) is 13.1 Å². The molecule has 1 amide bonds. The van der Waals surface area contributed by atoms with E-state index in [1.54, 1.807) is 0 Å². The lowest BCUT2D eigenvalue weighted by Gasteiger charge is -2.26. The Hall–Kier alpha value is -0.980. The third-order valence-corrected chi connectivity index (χ3v) is 3.11. The summed E-state index contributed by atoms with van der Waals surface area (Å²) in [5, 5.41) is 8.57. The Balaban J connectivity index is 2.99. The van der Waals surface area contributed by atoms with Crippen LogP contribution >= 0.6 is 23.2 Å². The molecule has 0 unspecified atom stereocenters. The molecule has 0 heterocycles. The molecule has 0 atom stereocenters. The van der Waals surface area contributed by atoms with Crippen LogP contribution in [0.4, 0.5) is 13.2 Å². The quantitative estimate of drug-likeness (QED) is 0.815. The number of halogens is 5. The van der Waals surface area contributed by atoms with Gasteiger partial charge in [-0.05, 0) is 12.1 Å². The highest BCUT2D eigenvalue weighted by Crippen LogP contribution is 2.23. The fourth-order valence-corrected chi connectivity index (χ4v) is 1.91. The molecular weight excluding hydrogens is 318 g/mol. The molecule has 0 saturated carbocycles. The zero-order valence-electron chi connectivity index (χ0n) is 10.3. The first kappa shape index (κ1) is 17.1. The van der Waals surface area contributed by atoms with Crippen LogP contribution in [0.1, 0.15) is 5.56 Å². The standard InChI is InChI=1S/C12H12Cl2F3NO2/c13-4-11(20)18(6-12(16,17)7-19)5-8-9(14)2-1-3-10(8)15/h1-3,19H,4-7H2. The summed E-state index contributed by atoms with van der Waals surface area (Å²) >= 11 is 11.1. The van der Waals surface area contributed by atoms with Crippen LogP contribution < -0.4 is 0 Å². The number of hydrogen-bond acceptors (Lipinski definition) is 2. The molecule has 0 bridgehead atoms. The second-order valence-corrected chi connectivity index (χ2v) is 4.77. The van der Waals surface area contributed by atoms with Crippen molar-refractivity contribution >= 4 is 29.1 Å². The van der Waals surface area contributed by atoms with E-state index in [2.05, 4.69) is 0 Å². The summed E-state index contributed by atoms with van der Waals surface area (Å²) < 4.78 is 40.0. The molecule has 0 saturated heterocycles. The number of rotatable bonds is 6.